The van der Waals surface area contributed by atoms with E-state index in [-0.39, 0.29) is 0 Å². The molecule has 29 heavy (non-hydrogen) atoms. The Morgan fingerprint density at radius 1 is 0.897 bits per heavy atom. The topological polar surface area (TPSA) is 74.1 Å². The van der Waals surface area contributed by atoms with Crippen molar-refractivity contribution in [2.45, 2.75) is 19.9 Å². The second kappa shape index (κ2) is 7.79. The lowest BCUT2D eigenvalue weighted by molar-refractivity contribution is 0.395. The Hall–Kier alpha value is -3.61. The number of ether oxygens (including phenoxy) is 2. The van der Waals surface area contributed by atoms with Gasteiger partial charge in [0.05, 0.1) is 31.4 Å². The number of benzene rings is 1. The largest absolute Gasteiger partial charge is 0.497 e. The number of nitrogens with zero attached hydrogens (tertiary/aromatic N) is 4. The smallest absolute Gasteiger partial charge is 0.131 e. The average Bonchev–Trinajstić information content (AvgIpc) is 3.23. The summed E-state index contributed by atoms with van der Waals surface area (Å²) in [4.78, 5) is 9.27. The molecule has 0 saturated heterocycles. The average molecular weight is 389 g/mol. The number of fused-ring (bicyclic) bond motifs is 1. The molecule has 4 aromatic rings. The van der Waals surface area contributed by atoms with Gasteiger partial charge in [-0.25, -0.2) is 4.98 Å². The van der Waals surface area contributed by atoms with E-state index in [1.54, 1.807) is 14.2 Å². The summed E-state index contributed by atoms with van der Waals surface area (Å²) in [6.07, 6.45) is 5.73. The zero-order chi connectivity index (χ0) is 20.4. The fourth-order valence-corrected chi connectivity index (χ4v) is 3.03. The van der Waals surface area contributed by atoms with Crippen LogP contribution in [0.4, 0.5) is 11.5 Å². The SMILES string of the molecule is COc1cc(Nc2ccc3ncc(-c4cnn(C(C)C)c4)cc3n2)cc(OC)c1. The van der Waals surface area contributed by atoms with Gasteiger partial charge >= 0.3 is 0 Å². The number of pyridine rings is 2. The maximum atomic E-state index is 5.33. The first kappa shape index (κ1) is 18.7. The second-order valence-corrected chi connectivity index (χ2v) is 6.99. The van der Waals surface area contributed by atoms with Gasteiger partial charge in [-0.1, -0.05) is 0 Å². The highest BCUT2D eigenvalue weighted by atomic mass is 16.5. The van der Waals surface area contributed by atoms with E-state index in [1.807, 2.05) is 59.7 Å². The Morgan fingerprint density at radius 2 is 1.66 bits per heavy atom. The molecule has 3 heterocycles. The molecule has 0 aliphatic carbocycles. The second-order valence-electron chi connectivity index (χ2n) is 6.99. The van der Waals surface area contributed by atoms with Gasteiger partial charge in [-0.15, -0.1) is 0 Å². The van der Waals surface area contributed by atoms with E-state index in [9.17, 15) is 0 Å². The zero-order valence-electron chi connectivity index (χ0n) is 16.9. The molecule has 0 aliphatic rings. The van der Waals surface area contributed by atoms with Gasteiger partial charge in [-0.2, -0.15) is 5.10 Å². The Kier molecular flexibility index (Phi) is 5.03. The van der Waals surface area contributed by atoms with E-state index in [1.165, 1.54) is 0 Å². The van der Waals surface area contributed by atoms with Crippen molar-refractivity contribution in [1.29, 1.82) is 0 Å². The first-order chi connectivity index (χ1) is 14.1. The molecule has 1 N–H and O–H groups in total. The number of nitrogens with one attached hydrogen (secondary N) is 1. The molecule has 4 rings (SSSR count). The van der Waals surface area contributed by atoms with Crippen molar-refractivity contribution >= 4 is 22.5 Å². The van der Waals surface area contributed by atoms with Gasteiger partial charge < -0.3 is 14.8 Å². The lowest BCUT2D eigenvalue weighted by Gasteiger charge is -2.11. The lowest BCUT2D eigenvalue weighted by Crippen LogP contribution is -1.99. The van der Waals surface area contributed by atoms with E-state index in [2.05, 4.69) is 29.2 Å². The molecule has 3 aromatic heterocycles. The van der Waals surface area contributed by atoms with Gasteiger partial charge in [0.25, 0.3) is 0 Å². The van der Waals surface area contributed by atoms with Gasteiger partial charge in [-0.05, 0) is 32.0 Å². The molecule has 0 saturated carbocycles. The first-order valence-corrected chi connectivity index (χ1v) is 9.37. The maximum absolute atomic E-state index is 5.33. The van der Waals surface area contributed by atoms with Crippen molar-refractivity contribution in [3.63, 3.8) is 0 Å². The first-order valence-electron chi connectivity index (χ1n) is 9.37. The minimum Gasteiger partial charge on any atom is -0.497 e. The van der Waals surface area contributed by atoms with Crippen LogP contribution >= 0.6 is 0 Å². The Labute approximate surface area is 169 Å². The summed E-state index contributed by atoms with van der Waals surface area (Å²) in [6.45, 7) is 4.20. The molecule has 0 amide bonds. The highest BCUT2D eigenvalue weighted by molar-refractivity contribution is 5.82. The normalized spacial score (nSPS) is 11.1. The molecule has 0 aliphatic heterocycles. The van der Waals surface area contributed by atoms with E-state index in [4.69, 9.17) is 14.5 Å². The number of methoxy groups -OCH3 is 2. The van der Waals surface area contributed by atoms with Gasteiger partial charge in [-0.3, -0.25) is 9.67 Å². The zero-order valence-corrected chi connectivity index (χ0v) is 16.9. The molecular formula is C22H23N5O2. The maximum Gasteiger partial charge on any atom is 0.131 e. The van der Waals surface area contributed by atoms with Crippen LogP contribution in [0.3, 0.4) is 0 Å². The number of rotatable bonds is 6. The molecule has 0 atom stereocenters. The standard InChI is InChI=1S/C22H23N5O2/c1-14(2)27-13-16(12-24-27)15-7-21-20(23-11-15)5-6-22(26-21)25-17-8-18(28-3)10-19(9-17)29-4/h5-14H,1-4H3,(H,25,26). The summed E-state index contributed by atoms with van der Waals surface area (Å²) >= 11 is 0. The summed E-state index contributed by atoms with van der Waals surface area (Å²) in [6, 6.07) is 11.8. The molecule has 0 unspecified atom stereocenters. The molecule has 0 bridgehead atoms. The molecule has 7 heteroatoms. The summed E-state index contributed by atoms with van der Waals surface area (Å²) < 4.78 is 12.6. The van der Waals surface area contributed by atoms with Crippen LogP contribution in [0.25, 0.3) is 22.2 Å². The number of anilines is 2. The molecule has 0 spiro atoms. The van der Waals surface area contributed by atoms with Gasteiger partial charge in [0.15, 0.2) is 0 Å². The van der Waals surface area contributed by atoms with Crippen LogP contribution < -0.4 is 14.8 Å². The summed E-state index contributed by atoms with van der Waals surface area (Å²) in [5.74, 6) is 2.13. The third kappa shape index (κ3) is 3.99. The minimum atomic E-state index is 0.311. The fourth-order valence-electron chi connectivity index (χ4n) is 3.03. The van der Waals surface area contributed by atoms with Crippen molar-refractivity contribution in [3.8, 4) is 22.6 Å². The van der Waals surface area contributed by atoms with Crippen molar-refractivity contribution in [2.75, 3.05) is 19.5 Å². The van der Waals surface area contributed by atoms with Crippen LogP contribution in [-0.2, 0) is 0 Å². The fraction of sp³-hybridized carbons (Fsp3) is 0.227. The van der Waals surface area contributed by atoms with Crippen LogP contribution in [0.1, 0.15) is 19.9 Å². The lowest BCUT2D eigenvalue weighted by atomic mass is 10.1. The summed E-state index contributed by atoms with van der Waals surface area (Å²) in [5.41, 5.74) is 4.47. The highest BCUT2D eigenvalue weighted by Crippen LogP contribution is 2.29. The van der Waals surface area contributed by atoms with E-state index in [0.29, 0.717) is 23.4 Å². The Balaban J connectivity index is 1.66. The molecule has 0 radical (unpaired) electrons. The van der Waals surface area contributed by atoms with E-state index >= 15 is 0 Å². The van der Waals surface area contributed by atoms with Crippen molar-refractivity contribution in [2.24, 2.45) is 0 Å². The van der Waals surface area contributed by atoms with Crippen LogP contribution in [0.5, 0.6) is 11.5 Å². The van der Waals surface area contributed by atoms with Crippen molar-refractivity contribution in [1.82, 2.24) is 19.7 Å². The highest BCUT2D eigenvalue weighted by Gasteiger charge is 2.08. The van der Waals surface area contributed by atoms with Crippen LogP contribution in [0.15, 0.2) is 55.0 Å². The van der Waals surface area contributed by atoms with E-state index < -0.39 is 0 Å². The summed E-state index contributed by atoms with van der Waals surface area (Å²) in [5, 5.41) is 7.72. The van der Waals surface area contributed by atoms with Crippen molar-refractivity contribution < 1.29 is 9.47 Å². The Bertz CT molecular complexity index is 1130. The molecule has 1 aromatic carbocycles. The predicted octanol–water partition coefficient (Wildman–Crippen LogP) is 4.84. The minimum absolute atomic E-state index is 0.311. The third-order valence-corrected chi connectivity index (χ3v) is 4.63. The third-order valence-electron chi connectivity index (χ3n) is 4.63. The molecule has 0 fully saturated rings. The molecular weight excluding hydrogens is 366 g/mol. The molecule has 7 nitrogen and oxygen atoms in total. The van der Waals surface area contributed by atoms with Crippen LogP contribution in [0.2, 0.25) is 0 Å². The van der Waals surface area contributed by atoms with Gasteiger partial charge in [0.1, 0.15) is 17.3 Å². The van der Waals surface area contributed by atoms with E-state index in [0.717, 1.165) is 27.8 Å². The van der Waals surface area contributed by atoms with Gasteiger partial charge in [0.2, 0.25) is 0 Å². The number of aromatic nitrogens is 4. The molecule has 148 valence electrons. The quantitative estimate of drug-likeness (QED) is 0.509. The van der Waals surface area contributed by atoms with Crippen molar-refractivity contribution in [3.05, 3.63) is 55.0 Å². The van der Waals surface area contributed by atoms with Gasteiger partial charge in [0, 0.05) is 53.4 Å². The van der Waals surface area contributed by atoms with Crippen LogP contribution in [0, 0.1) is 0 Å². The summed E-state index contributed by atoms with van der Waals surface area (Å²) in [7, 11) is 3.25. The Morgan fingerprint density at radius 3 is 2.31 bits per heavy atom. The predicted molar refractivity (Wildman–Crippen MR) is 114 cm³/mol. The van der Waals surface area contributed by atoms with Crippen LogP contribution in [-0.4, -0.2) is 34.0 Å². The number of hydrogen-bond donors (Lipinski definition) is 1. The number of hydrogen-bond acceptors (Lipinski definition) is 6. The monoisotopic (exact) mass is 389 g/mol.